The van der Waals surface area contributed by atoms with Gasteiger partial charge in [0.2, 0.25) is 0 Å². The molecule has 3 aromatic rings. The first kappa shape index (κ1) is 20.0. The molecule has 146 valence electrons. The van der Waals surface area contributed by atoms with E-state index in [9.17, 15) is 24.1 Å². The molecule has 2 amide bonds. The van der Waals surface area contributed by atoms with E-state index in [1.54, 1.807) is 18.2 Å². The Morgan fingerprint density at radius 3 is 2.10 bits per heavy atom. The summed E-state index contributed by atoms with van der Waals surface area (Å²) in [5.41, 5.74) is 1.04. The molecule has 0 saturated heterocycles. The lowest BCUT2D eigenvalue weighted by Crippen LogP contribution is -2.14. The van der Waals surface area contributed by atoms with Crippen molar-refractivity contribution in [2.75, 3.05) is 10.6 Å². The lowest BCUT2D eigenvalue weighted by atomic mass is 10.1. The molecule has 7 nitrogen and oxygen atoms in total. The molecule has 0 heterocycles. The van der Waals surface area contributed by atoms with Crippen LogP contribution in [0.15, 0.2) is 66.7 Å². The topological polar surface area (TPSA) is 101 Å². The minimum Gasteiger partial charge on any atom is -0.322 e. The fourth-order valence-electron chi connectivity index (χ4n) is 2.45. The van der Waals surface area contributed by atoms with Crippen LogP contribution < -0.4 is 10.6 Å². The second kappa shape index (κ2) is 8.49. The summed E-state index contributed by atoms with van der Waals surface area (Å²) in [5, 5.41) is 15.8. The number of rotatable bonds is 5. The van der Waals surface area contributed by atoms with Gasteiger partial charge in [-0.05, 0) is 48.5 Å². The van der Waals surface area contributed by atoms with Crippen LogP contribution in [0, 0.1) is 15.9 Å². The Labute approximate surface area is 169 Å². The number of amides is 2. The minimum atomic E-state index is -0.597. The largest absolute Gasteiger partial charge is 0.322 e. The molecule has 9 heteroatoms. The predicted molar refractivity (Wildman–Crippen MR) is 107 cm³/mol. The van der Waals surface area contributed by atoms with Gasteiger partial charge < -0.3 is 10.6 Å². The van der Waals surface area contributed by atoms with Gasteiger partial charge in [-0.15, -0.1) is 0 Å². The van der Waals surface area contributed by atoms with E-state index in [4.69, 9.17) is 11.6 Å². The van der Waals surface area contributed by atoms with Crippen LogP contribution in [-0.4, -0.2) is 16.7 Å². The Morgan fingerprint density at radius 1 is 0.862 bits per heavy atom. The number of nitro benzene ring substituents is 1. The number of nitrogens with zero attached hydrogens (tertiary/aromatic N) is 1. The Bertz CT molecular complexity index is 1100. The standard InChI is InChI=1S/C20H13ClFN3O4/c21-17-11-15(6-9-18(17)22)24-20(27)13-2-1-3-14(10-13)23-19(26)12-4-7-16(8-5-12)25(28)29/h1-11H,(H,23,26)(H,24,27). The van der Waals surface area contributed by atoms with E-state index in [0.717, 1.165) is 6.07 Å². The molecular formula is C20H13ClFN3O4. The summed E-state index contributed by atoms with van der Waals surface area (Å²) in [7, 11) is 0. The Kier molecular flexibility index (Phi) is 5.85. The molecule has 29 heavy (non-hydrogen) atoms. The number of nitro groups is 1. The van der Waals surface area contributed by atoms with Gasteiger partial charge in [0.15, 0.2) is 0 Å². The second-order valence-electron chi connectivity index (χ2n) is 5.92. The fraction of sp³-hybridized carbons (Fsp3) is 0. The van der Waals surface area contributed by atoms with Crippen molar-refractivity contribution in [1.29, 1.82) is 0 Å². The number of hydrogen-bond donors (Lipinski definition) is 2. The van der Waals surface area contributed by atoms with Gasteiger partial charge in [-0.1, -0.05) is 17.7 Å². The first-order valence-electron chi connectivity index (χ1n) is 8.26. The highest BCUT2D eigenvalue weighted by atomic mass is 35.5. The summed E-state index contributed by atoms with van der Waals surface area (Å²) >= 11 is 5.70. The van der Waals surface area contributed by atoms with Crippen molar-refractivity contribution in [3.8, 4) is 0 Å². The van der Waals surface area contributed by atoms with Crippen LogP contribution >= 0.6 is 11.6 Å². The van der Waals surface area contributed by atoms with Crippen molar-refractivity contribution in [3.05, 3.63) is 98.8 Å². The van der Waals surface area contributed by atoms with Crippen LogP contribution in [0.5, 0.6) is 0 Å². The Balaban J connectivity index is 1.71. The first-order chi connectivity index (χ1) is 13.8. The lowest BCUT2D eigenvalue weighted by Gasteiger charge is -2.09. The highest BCUT2D eigenvalue weighted by molar-refractivity contribution is 6.31. The van der Waals surface area contributed by atoms with E-state index in [2.05, 4.69) is 10.6 Å². The Morgan fingerprint density at radius 2 is 1.48 bits per heavy atom. The molecule has 0 unspecified atom stereocenters. The van der Waals surface area contributed by atoms with E-state index in [1.807, 2.05) is 0 Å². The number of carbonyl (C=O) groups is 2. The summed E-state index contributed by atoms with van der Waals surface area (Å²) in [6, 6.07) is 15.1. The van der Waals surface area contributed by atoms with Crippen molar-refractivity contribution in [3.63, 3.8) is 0 Å². The molecule has 0 aromatic heterocycles. The molecule has 3 rings (SSSR count). The number of non-ortho nitro benzene ring substituents is 1. The molecule has 3 aromatic carbocycles. The second-order valence-corrected chi connectivity index (χ2v) is 6.33. The van der Waals surface area contributed by atoms with E-state index in [-0.39, 0.29) is 21.8 Å². The maximum atomic E-state index is 13.2. The number of anilines is 2. The van der Waals surface area contributed by atoms with E-state index >= 15 is 0 Å². The molecule has 0 spiro atoms. The molecule has 0 aliphatic rings. The first-order valence-corrected chi connectivity index (χ1v) is 8.63. The highest BCUT2D eigenvalue weighted by Gasteiger charge is 2.12. The van der Waals surface area contributed by atoms with Crippen LogP contribution in [0.2, 0.25) is 5.02 Å². The number of benzene rings is 3. The number of nitrogens with one attached hydrogen (secondary N) is 2. The highest BCUT2D eigenvalue weighted by Crippen LogP contribution is 2.21. The van der Waals surface area contributed by atoms with Crippen LogP contribution in [0.3, 0.4) is 0 Å². The average Bonchev–Trinajstić information content (AvgIpc) is 2.71. The third-order valence-electron chi connectivity index (χ3n) is 3.90. The van der Waals surface area contributed by atoms with Crippen LogP contribution in [0.4, 0.5) is 21.5 Å². The van der Waals surface area contributed by atoms with E-state index in [1.165, 1.54) is 42.5 Å². The van der Waals surface area contributed by atoms with Gasteiger partial charge in [0, 0.05) is 34.6 Å². The molecule has 0 aliphatic carbocycles. The zero-order valence-corrected chi connectivity index (χ0v) is 15.4. The SMILES string of the molecule is O=C(Nc1cccc(C(=O)Nc2ccc(F)c(Cl)c2)c1)c1ccc([N+](=O)[O-])cc1. The van der Waals surface area contributed by atoms with Crippen LogP contribution in [0.25, 0.3) is 0 Å². The molecule has 0 aliphatic heterocycles. The molecular weight excluding hydrogens is 401 g/mol. The van der Waals surface area contributed by atoms with E-state index < -0.39 is 22.6 Å². The van der Waals surface area contributed by atoms with Gasteiger partial charge in [-0.3, -0.25) is 19.7 Å². The summed E-state index contributed by atoms with van der Waals surface area (Å²) in [6.45, 7) is 0. The van der Waals surface area contributed by atoms with E-state index in [0.29, 0.717) is 11.4 Å². The van der Waals surface area contributed by atoms with Crippen LogP contribution in [-0.2, 0) is 0 Å². The molecule has 0 fully saturated rings. The maximum absolute atomic E-state index is 13.2. The Hall–Kier alpha value is -3.78. The average molecular weight is 414 g/mol. The smallest absolute Gasteiger partial charge is 0.269 e. The van der Waals surface area contributed by atoms with Crippen molar-refractivity contribution in [1.82, 2.24) is 0 Å². The van der Waals surface area contributed by atoms with Gasteiger partial charge in [0.25, 0.3) is 17.5 Å². The quantitative estimate of drug-likeness (QED) is 0.459. The van der Waals surface area contributed by atoms with Crippen molar-refractivity contribution >= 4 is 40.5 Å². The zero-order chi connectivity index (χ0) is 21.0. The van der Waals surface area contributed by atoms with Crippen molar-refractivity contribution in [2.24, 2.45) is 0 Å². The van der Waals surface area contributed by atoms with Gasteiger partial charge in [0.1, 0.15) is 5.82 Å². The molecule has 2 N–H and O–H groups in total. The number of hydrogen-bond acceptors (Lipinski definition) is 4. The van der Waals surface area contributed by atoms with Crippen LogP contribution in [0.1, 0.15) is 20.7 Å². The monoisotopic (exact) mass is 413 g/mol. The molecule has 0 bridgehead atoms. The third-order valence-corrected chi connectivity index (χ3v) is 4.19. The summed E-state index contributed by atoms with van der Waals surface area (Å²) in [6.07, 6.45) is 0. The minimum absolute atomic E-state index is 0.119. The summed E-state index contributed by atoms with van der Waals surface area (Å²) < 4.78 is 13.2. The maximum Gasteiger partial charge on any atom is 0.269 e. The molecule has 0 radical (unpaired) electrons. The third kappa shape index (κ3) is 4.94. The van der Waals surface area contributed by atoms with Crippen molar-refractivity contribution < 1.29 is 18.9 Å². The normalized spacial score (nSPS) is 10.3. The number of halogens is 2. The van der Waals surface area contributed by atoms with Gasteiger partial charge in [-0.25, -0.2) is 4.39 Å². The van der Waals surface area contributed by atoms with Gasteiger partial charge in [-0.2, -0.15) is 0 Å². The van der Waals surface area contributed by atoms with Crippen molar-refractivity contribution in [2.45, 2.75) is 0 Å². The fourth-order valence-corrected chi connectivity index (χ4v) is 2.63. The molecule has 0 saturated carbocycles. The lowest BCUT2D eigenvalue weighted by molar-refractivity contribution is -0.384. The predicted octanol–water partition coefficient (Wildman–Crippen LogP) is 4.89. The molecule has 0 atom stereocenters. The summed E-state index contributed by atoms with van der Waals surface area (Å²) in [5.74, 6) is -1.55. The van der Waals surface area contributed by atoms with Gasteiger partial charge in [0.05, 0.1) is 9.95 Å². The zero-order valence-electron chi connectivity index (χ0n) is 14.7. The van der Waals surface area contributed by atoms with Gasteiger partial charge >= 0.3 is 0 Å². The summed E-state index contributed by atoms with van der Waals surface area (Å²) in [4.78, 5) is 34.8. The number of carbonyl (C=O) groups excluding carboxylic acids is 2.